The minimum Gasteiger partial charge on any atom is -0.470 e. The molecule has 31 heavy (non-hydrogen) atoms. The van der Waals surface area contributed by atoms with Crippen molar-refractivity contribution in [1.29, 1.82) is 0 Å². The number of hydroxylamine groups is 1. The van der Waals surface area contributed by atoms with Crippen LogP contribution in [0, 0.1) is 5.82 Å². The summed E-state index contributed by atoms with van der Waals surface area (Å²) in [6.07, 6.45) is 4.64. The monoisotopic (exact) mass is 425 g/mol. The molecule has 2 saturated heterocycles. The molecule has 6 heterocycles. The number of halogens is 1. The summed E-state index contributed by atoms with van der Waals surface area (Å²) in [5, 5.41) is 8.93. The first kappa shape index (κ1) is 18.5. The van der Waals surface area contributed by atoms with Crippen LogP contribution in [0.1, 0.15) is 28.4 Å². The SMILES string of the molecule is CN1CC2NC(=O)c3cnn4ccc(nc34)N3OCCC3c3cc(F)cnc3OC2C1. The zero-order valence-corrected chi connectivity index (χ0v) is 16.7. The number of rotatable bonds is 0. The Morgan fingerprint density at radius 3 is 3.10 bits per heavy atom. The lowest BCUT2D eigenvalue weighted by Gasteiger charge is -2.26. The summed E-state index contributed by atoms with van der Waals surface area (Å²) in [6, 6.07) is 2.58. The van der Waals surface area contributed by atoms with Gasteiger partial charge >= 0.3 is 0 Å². The van der Waals surface area contributed by atoms with Crippen LogP contribution in [0.3, 0.4) is 0 Å². The molecule has 0 spiro atoms. The molecule has 2 fully saturated rings. The Morgan fingerprint density at radius 1 is 1.29 bits per heavy atom. The van der Waals surface area contributed by atoms with Crippen molar-refractivity contribution in [3.05, 3.63) is 47.7 Å². The summed E-state index contributed by atoms with van der Waals surface area (Å²) in [5.74, 6) is 0.107. The molecule has 0 aliphatic carbocycles. The minimum atomic E-state index is -0.451. The molecular formula is C20H20FN7O3. The van der Waals surface area contributed by atoms with Gasteiger partial charge in [-0.2, -0.15) is 5.10 Å². The Morgan fingerprint density at radius 2 is 2.19 bits per heavy atom. The number of anilines is 1. The number of hydrogen-bond acceptors (Lipinski definition) is 8. The Kier molecular flexibility index (Phi) is 4.08. The molecule has 0 saturated carbocycles. The van der Waals surface area contributed by atoms with Gasteiger partial charge in [-0.05, 0) is 13.1 Å². The lowest BCUT2D eigenvalue weighted by molar-refractivity contribution is 0.0902. The van der Waals surface area contributed by atoms with E-state index in [0.717, 1.165) is 6.20 Å². The topological polar surface area (TPSA) is 97.1 Å². The second-order valence-electron chi connectivity index (χ2n) is 8.08. The number of carbonyl (C=O) groups excluding carboxylic acids is 1. The van der Waals surface area contributed by atoms with Crippen LogP contribution in [0.4, 0.5) is 10.2 Å². The van der Waals surface area contributed by atoms with Crippen LogP contribution in [-0.4, -0.2) is 69.3 Å². The fourth-order valence-corrected chi connectivity index (χ4v) is 4.51. The zero-order valence-electron chi connectivity index (χ0n) is 16.7. The number of likely N-dealkylation sites (tertiary alicyclic amines) is 1. The van der Waals surface area contributed by atoms with Crippen LogP contribution in [0.15, 0.2) is 30.7 Å². The van der Waals surface area contributed by atoms with Crippen molar-refractivity contribution in [3.8, 4) is 5.88 Å². The molecule has 160 valence electrons. The number of hydrogen-bond donors (Lipinski definition) is 1. The van der Waals surface area contributed by atoms with Gasteiger partial charge in [-0.15, -0.1) is 0 Å². The Bertz CT molecular complexity index is 1180. The summed E-state index contributed by atoms with van der Waals surface area (Å²) in [5.41, 5.74) is 1.38. The number of fused-ring (bicyclic) bond motifs is 6. The smallest absolute Gasteiger partial charge is 0.257 e. The maximum absolute atomic E-state index is 14.2. The first-order valence-electron chi connectivity index (χ1n) is 10.1. The van der Waals surface area contributed by atoms with Crippen molar-refractivity contribution in [1.82, 2.24) is 29.8 Å². The van der Waals surface area contributed by atoms with Crippen LogP contribution < -0.4 is 15.1 Å². The molecule has 3 aromatic heterocycles. The standard InChI is InChI=1S/C20H20FN7O3/c1-26-9-14-16(10-26)31-20-12(6-11(21)7-22-20)15-3-5-30-28(15)17-2-4-27-18(25-17)13(8-23-27)19(29)24-14/h2,4,6-8,14-16H,3,5,9-10H2,1H3,(H,24,29). The molecule has 10 nitrogen and oxygen atoms in total. The number of amides is 1. The molecule has 6 rings (SSSR count). The largest absolute Gasteiger partial charge is 0.470 e. The van der Waals surface area contributed by atoms with Crippen LogP contribution in [0.25, 0.3) is 5.65 Å². The number of nitrogens with zero attached hydrogens (tertiary/aromatic N) is 6. The minimum absolute atomic E-state index is 0.271. The van der Waals surface area contributed by atoms with E-state index < -0.39 is 5.82 Å². The molecule has 1 N–H and O–H groups in total. The lowest BCUT2D eigenvalue weighted by atomic mass is 10.1. The van der Waals surface area contributed by atoms with Crippen molar-refractivity contribution < 1.29 is 18.8 Å². The molecular weight excluding hydrogens is 405 g/mol. The highest BCUT2D eigenvalue weighted by atomic mass is 19.1. The van der Waals surface area contributed by atoms with Crippen molar-refractivity contribution in [2.75, 3.05) is 31.8 Å². The van der Waals surface area contributed by atoms with Crippen molar-refractivity contribution in [2.24, 2.45) is 0 Å². The van der Waals surface area contributed by atoms with Gasteiger partial charge in [0.15, 0.2) is 11.5 Å². The van der Waals surface area contributed by atoms with E-state index in [4.69, 9.17) is 9.57 Å². The quantitative estimate of drug-likeness (QED) is 0.569. The van der Waals surface area contributed by atoms with Gasteiger partial charge in [-0.1, -0.05) is 0 Å². The summed E-state index contributed by atoms with van der Waals surface area (Å²) < 4.78 is 22.0. The highest BCUT2D eigenvalue weighted by Gasteiger charge is 2.38. The number of aromatic nitrogens is 4. The fourth-order valence-electron chi connectivity index (χ4n) is 4.51. The number of ether oxygens (including phenoxy) is 1. The molecule has 11 heteroatoms. The van der Waals surface area contributed by atoms with E-state index in [1.54, 1.807) is 21.8 Å². The normalized spacial score (nSPS) is 25.8. The summed E-state index contributed by atoms with van der Waals surface area (Å²) >= 11 is 0. The second-order valence-corrected chi connectivity index (χ2v) is 8.08. The first-order chi connectivity index (χ1) is 15.1. The number of nitrogens with one attached hydrogen (secondary N) is 1. The number of carbonyl (C=O) groups is 1. The third kappa shape index (κ3) is 3.00. The van der Waals surface area contributed by atoms with Gasteiger partial charge < -0.3 is 15.0 Å². The molecule has 1 amide bonds. The van der Waals surface area contributed by atoms with Gasteiger partial charge in [-0.25, -0.2) is 23.9 Å². The van der Waals surface area contributed by atoms with E-state index in [1.165, 1.54) is 12.3 Å². The van der Waals surface area contributed by atoms with Crippen molar-refractivity contribution in [3.63, 3.8) is 0 Å². The summed E-state index contributed by atoms with van der Waals surface area (Å²) in [7, 11) is 1.96. The summed E-state index contributed by atoms with van der Waals surface area (Å²) in [4.78, 5) is 29.9. The highest BCUT2D eigenvalue weighted by Crippen LogP contribution is 2.38. The molecule has 3 atom stereocenters. The highest BCUT2D eigenvalue weighted by molar-refractivity contribution is 6.00. The van der Waals surface area contributed by atoms with E-state index in [-0.39, 0.29) is 24.1 Å². The van der Waals surface area contributed by atoms with Crippen LogP contribution in [0.5, 0.6) is 5.88 Å². The van der Waals surface area contributed by atoms with Crippen LogP contribution >= 0.6 is 0 Å². The molecule has 3 aliphatic rings. The van der Waals surface area contributed by atoms with E-state index in [1.807, 2.05) is 7.05 Å². The Balaban J connectivity index is 1.54. The lowest BCUT2D eigenvalue weighted by Crippen LogP contribution is -2.45. The van der Waals surface area contributed by atoms with E-state index >= 15 is 0 Å². The zero-order chi connectivity index (χ0) is 21.1. The fraction of sp³-hybridized carbons (Fsp3) is 0.400. The molecule has 3 aliphatic heterocycles. The molecule has 3 unspecified atom stereocenters. The third-order valence-corrected chi connectivity index (χ3v) is 5.96. The van der Waals surface area contributed by atoms with Gasteiger partial charge in [0.25, 0.3) is 5.91 Å². The molecule has 0 aromatic carbocycles. The third-order valence-electron chi connectivity index (χ3n) is 5.96. The number of pyridine rings is 1. The van der Waals surface area contributed by atoms with Crippen LogP contribution in [-0.2, 0) is 4.84 Å². The van der Waals surface area contributed by atoms with E-state index in [2.05, 4.69) is 25.3 Å². The van der Waals surface area contributed by atoms with Gasteiger partial charge in [-0.3, -0.25) is 9.63 Å². The van der Waals surface area contributed by atoms with E-state index in [0.29, 0.717) is 54.6 Å². The average molecular weight is 425 g/mol. The van der Waals surface area contributed by atoms with E-state index in [9.17, 15) is 9.18 Å². The maximum Gasteiger partial charge on any atom is 0.257 e. The predicted octanol–water partition coefficient (Wildman–Crippen LogP) is 0.951. The van der Waals surface area contributed by atoms with Crippen molar-refractivity contribution >= 4 is 17.4 Å². The Hall–Kier alpha value is -3.31. The van der Waals surface area contributed by atoms with Gasteiger partial charge in [0.2, 0.25) is 5.88 Å². The van der Waals surface area contributed by atoms with Crippen LogP contribution in [0.2, 0.25) is 0 Å². The predicted molar refractivity (Wildman–Crippen MR) is 106 cm³/mol. The van der Waals surface area contributed by atoms with Gasteiger partial charge in [0.1, 0.15) is 17.5 Å². The first-order valence-corrected chi connectivity index (χ1v) is 10.1. The summed E-state index contributed by atoms with van der Waals surface area (Å²) in [6.45, 7) is 1.65. The van der Waals surface area contributed by atoms with Crippen molar-refractivity contribution in [2.45, 2.75) is 24.6 Å². The second kappa shape index (κ2) is 6.86. The number of likely N-dealkylation sites (N-methyl/N-ethyl adjacent to an activating group) is 1. The molecule has 3 aromatic rings. The molecule has 0 radical (unpaired) electrons. The van der Waals surface area contributed by atoms with Gasteiger partial charge in [0, 0.05) is 37.3 Å². The average Bonchev–Trinajstić information content (AvgIpc) is 3.46. The molecule has 2 bridgehead atoms. The Labute approximate surface area is 176 Å². The van der Waals surface area contributed by atoms with Gasteiger partial charge in [0.05, 0.1) is 31.1 Å². The maximum atomic E-state index is 14.2.